The highest BCUT2D eigenvalue weighted by Gasteiger charge is 2.07. The molecule has 2 aromatic rings. The number of aromatic nitrogens is 2. The van der Waals surface area contributed by atoms with Crippen LogP contribution in [-0.2, 0) is 0 Å². The number of oxazole rings is 1. The zero-order chi connectivity index (χ0) is 9.26. The van der Waals surface area contributed by atoms with Gasteiger partial charge in [-0.25, -0.2) is 4.98 Å². The molecule has 0 bridgehead atoms. The number of rotatable bonds is 1. The van der Waals surface area contributed by atoms with Crippen LogP contribution >= 0.6 is 11.6 Å². The third kappa shape index (κ3) is 1.48. The Bertz CT molecular complexity index is 427. The van der Waals surface area contributed by atoms with Crippen LogP contribution < -0.4 is 5.73 Å². The zero-order valence-electron chi connectivity index (χ0n) is 6.57. The Morgan fingerprint density at radius 3 is 2.85 bits per heavy atom. The van der Waals surface area contributed by atoms with E-state index < -0.39 is 0 Å². The number of nitrogens with zero attached hydrogens (tertiary/aromatic N) is 2. The Hall–Kier alpha value is -1.55. The van der Waals surface area contributed by atoms with Gasteiger partial charge >= 0.3 is 0 Å². The molecule has 66 valence electrons. The van der Waals surface area contributed by atoms with Crippen molar-refractivity contribution in [1.82, 2.24) is 9.97 Å². The number of nitrogen functional groups attached to an aromatic ring is 1. The third-order valence-electron chi connectivity index (χ3n) is 1.56. The number of halogens is 1. The summed E-state index contributed by atoms with van der Waals surface area (Å²) in [4.78, 5) is 7.62. The number of hydrogen-bond acceptors (Lipinski definition) is 4. The summed E-state index contributed by atoms with van der Waals surface area (Å²) in [5, 5.41) is 0.513. The molecule has 4 nitrogen and oxygen atoms in total. The molecular formula is C8H6ClN3O. The molecule has 0 aromatic carbocycles. The van der Waals surface area contributed by atoms with Gasteiger partial charge in [0.1, 0.15) is 0 Å². The van der Waals surface area contributed by atoms with Gasteiger partial charge in [0.25, 0.3) is 6.01 Å². The van der Waals surface area contributed by atoms with Gasteiger partial charge in [-0.3, -0.25) is 4.98 Å². The lowest BCUT2D eigenvalue weighted by Crippen LogP contribution is -1.80. The lowest BCUT2D eigenvalue weighted by atomic mass is 10.2. The van der Waals surface area contributed by atoms with Crippen molar-refractivity contribution in [2.24, 2.45) is 0 Å². The number of pyridine rings is 1. The summed E-state index contributed by atoms with van der Waals surface area (Å²) in [5.41, 5.74) is 6.07. The summed E-state index contributed by atoms with van der Waals surface area (Å²) in [6.07, 6.45) is 4.69. The normalized spacial score (nSPS) is 10.2. The summed E-state index contributed by atoms with van der Waals surface area (Å²) < 4.78 is 5.10. The van der Waals surface area contributed by atoms with Gasteiger partial charge in [-0.15, -0.1) is 0 Å². The molecule has 0 saturated carbocycles. The fourth-order valence-corrected chi connectivity index (χ4v) is 1.20. The Labute approximate surface area is 79.4 Å². The molecule has 0 unspecified atom stereocenters. The highest BCUT2D eigenvalue weighted by atomic mass is 35.5. The molecule has 0 saturated heterocycles. The zero-order valence-corrected chi connectivity index (χ0v) is 7.32. The minimum atomic E-state index is 0.128. The van der Waals surface area contributed by atoms with E-state index in [2.05, 4.69) is 9.97 Å². The Morgan fingerprint density at radius 2 is 2.23 bits per heavy atom. The molecule has 0 aliphatic rings. The second kappa shape index (κ2) is 3.06. The SMILES string of the molecule is Nc1ncc(-c2ccncc2Cl)o1. The molecule has 2 heterocycles. The summed E-state index contributed by atoms with van der Waals surface area (Å²) in [6, 6.07) is 1.87. The van der Waals surface area contributed by atoms with Crippen molar-refractivity contribution in [2.45, 2.75) is 0 Å². The van der Waals surface area contributed by atoms with E-state index in [9.17, 15) is 0 Å². The highest BCUT2D eigenvalue weighted by Crippen LogP contribution is 2.27. The highest BCUT2D eigenvalue weighted by molar-refractivity contribution is 6.33. The average molecular weight is 196 g/mol. The molecule has 0 atom stereocenters. The van der Waals surface area contributed by atoms with E-state index in [0.717, 1.165) is 5.56 Å². The quantitative estimate of drug-likeness (QED) is 0.756. The van der Waals surface area contributed by atoms with Gasteiger partial charge in [0, 0.05) is 18.0 Å². The fraction of sp³-hybridized carbons (Fsp3) is 0. The van der Waals surface area contributed by atoms with Crippen molar-refractivity contribution >= 4 is 17.6 Å². The Morgan fingerprint density at radius 1 is 1.38 bits per heavy atom. The van der Waals surface area contributed by atoms with E-state index in [4.69, 9.17) is 21.8 Å². The lowest BCUT2D eigenvalue weighted by molar-refractivity contribution is 0.595. The van der Waals surface area contributed by atoms with E-state index in [-0.39, 0.29) is 6.01 Å². The van der Waals surface area contributed by atoms with Crippen LogP contribution in [0.5, 0.6) is 0 Å². The summed E-state index contributed by atoms with van der Waals surface area (Å²) in [5.74, 6) is 0.546. The largest absolute Gasteiger partial charge is 0.424 e. The molecule has 2 aromatic heterocycles. The fourth-order valence-electron chi connectivity index (χ4n) is 0.987. The van der Waals surface area contributed by atoms with E-state index in [0.29, 0.717) is 10.8 Å². The van der Waals surface area contributed by atoms with Gasteiger partial charge in [-0.1, -0.05) is 11.6 Å². The van der Waals surface area contributed by atoms with Crippen LogP contribution in [0.4, 0.5) is 6.01 Å². The molecule has 0 radical (unpaired) electrons. The molecule has 0 amide bonds. The maximum atomic E-state index is 5.88. The predicted octanol–water partition coefficient (Wildman–Crippen LogP) is 1.97. The summed E-state index contributed by atoms with van der Waals surface area (Å²) >= 11 is 5.88. The standard InChI is InChI=1S/C8H6ClN3O/c9-6-3-11-2-1-5(6)7-4-12-8(10)13-7/h1-4H,(H2,10,12). The first-order valence-electron chi connectivity index (χ1n) is 3.58. The molecular weight excluding hydrogens is 190 g/mol. The first-order valence-corrected chi connectivity index (χ1v) is 3.96. The van der Waals surface area contributed by atoms with Crippen LogP contribution in [0.15, 0.2) is 29.1 Å². The van der Waals surface area contributed by atoms with Crippen molar-refractivity contribution in [2.75, 3.05) is 5.73 Å². The van der Waals surface area contributed by atoms with Crippen molar-refractivity contribution in [3.05, 3.63) is 29.7 Å². The summed E-state index contributed by atoms with van der Waals surface area (Å²) in [7, 11) is 0. The van der Waals surface area contributed by atoms with E-state index >= 15 is 0 Å². The van der Waals surface area contributed by atoms with Gasteiger partial charge < -0.3 is 10.2 Å². The topological polar surface area (TPSA) is 64.9 Å². The smallest absolute Gasteiger partial charge is 0.292 e. The molecule has 2 N–H and O–H groups in total. The van der Waals surface area contributed by atoms with Crippen molar-refractivity contribution in [3.63, 3.8) is 0 Å². The van der Waals surface area contributed by atoms with Gasteiger partial charge in [0.05, 0.1) is 11.2 Å². The van der Waals surface area contributed by atoms with Crippen LogP contribution in [-0.4, -0.2) is 9.97 Å². The maximum Gasteiger partial charge on any atom is 0.292 e. The van der Waals surface area contributed by atoms with Crippen molar-refractivity contribution in [1.29, 1.82) is 0 Å². The molecule has 5 heteroatoms. The van der Waals surface area contributed by atoms with Crippen LogP contribution in [0.1, 0.15) is 0 Å². The first-order chi connectivity index (χ1) is 6.27. The van der Waals surface area contributed by atoms with Gasteiger partial charge in [-0.2, -0.15) is 0 Å². The monoisotopic (exact) mass is 195 g/mol. The van der Waals surface area contributed by atoms with Gasteiger partial charge in [-0.05, 0) is 6.07 Å². The molecule has 0 aliphatic heterocycles. The Balaban J connectivity index is 2.52. The third-order valence-corrected chi connectivity index (χ3v) is 1.86. The van der Waals surface area contributed by atoms with Crippen molar-refractivity contribution in [3.8, 4) is 11.3 Å². The molecule has 0 spiro atoms. The first kappa shape index (κ1) is 8.07. The lowest BCUT2D eigenvalue weighted by Gasteiger charge is -1.96. The van der Waals surface area contributed by atoms with Crippen LogP contribution in [0.2, 0.25) is 5.02 Å². The number of nitrogens with two attached hydrogens (primary N) is 1. The predicted molar refractivity (Wildman–Crippen MR) is 49.2 cm³/mol. The number of anilines is 1. The van der Waals surface area contributed by atoms with E-state index in [1.165, 1.54) is 12.4 Å². The molecule has 13 heavy (non-hydrogen) atoms. The second-order valence-corrected chi connectivity index (χ2v) is 2.83. The van der Waals surface area contributed by atoms with E-state index in [1.54, 1.807) is 12.3 Å². The van der Waals surface area contributed by atoms with Crippen LogP contribution in [0.3, 0.4) is 0 Å². The van der Waals surface area contributed by atoms with E-state index in [1.807, 2.05) is 0 Å². The second-order valence-electron chi connectivity index (χ2n) is 2.42. The average Bonchev–Trinajstić information content (AvgIpc) is 2.53. The Kier molecular flexibility index (Phi) is 1.90. The van der Waals surface area contributed by atoms with Gasteiger partial charge in [0.2, 0.25) is 0 Å². The molecule has 0 fully saturated rings. The molecule has 2 rings (SSSR count). The number of hydrogen-bond donors (Lipinski definition) is 1. The molecule has 0 aliphatic carbocycles. The maximum absolute atomic E-state index is 5.88. The summed E-state index contributed by atoms with van der Waals surface area (Å²) in [6.45, 7) is 0. The van der Waals surface area contributed by atoms with Gasteiger partial charge in [0.15, 0.2) is 5.76 Å². The minimum absolute atomic E-state index is 0.128. The van der Waals surface area contributed by atoms with Crippen molar-refractivity contribution < 1.29 is 4.42 Å². The minimum Gasteiger partial charge on any atom is -0.424 e. The van der Waals surface area contributed by atoms with Crippen LogP contribution in [0, 0.1) is 0 Å². The van der Waals surface area contributed by atoms with Crippen LogP contribution in [0.25, 0.3) is 11.3 Å².